The maximum Gasteiger partial charge on any atom is 0.327 e. The zero-order valence-corrected chi connectivity index (χ0v) is 11.7. The number of hydrogen-bond acceptors (Lipinski definition) is 4. The Hall–Kier alpha value is -2.73. The summed E-state index contributed by atoms with van der Waals surface area (Å²) in [6.45, 7) is 0. The highest BCUT2D eigenvalue weighted by molar-refractivity contribution is 7.22. The largest absolute Gasteiger partial charge is 0.327 e. The molecule has 0 saturated carbocycles. The van der Waals surface area contributed by atoms with Gasteiger partial charge in [-0.25, -0.2) is 9.78 Å². The first-order valence-corrected chi connectivity index (χ1v) is 7.07. The van der Waals surface area contributed by atoms with Crippen LogP contribution in [0.2, 0.25) is 0 Å². The zero-order valence-electron chi connectivity index (χ0n) is 10.9. The number of para-hydroxylation sites is 1. The van der Waals surface area contributed by atoms with E-state index in [-0.39, 0.29) is 0 Å². The first-order valence-electron chi connectivity index (χ1n) is 6.25. The number of carbonyl (C=O) groups is 2. The Labute approximate surface area is 124 Å². The standard InChI is InChI=1S/C15H11N3O2S/c19-13(10-6-2-1-3-7-10)17-14(20)18-15-16-11-8-4-5-9-12(11)21-15/h1-9H,(H2,16,17,18,19,20). The van der Waals surface area contributed by atoms with Gasteiger partial charge < -0.3 is 0 Å². The minimum atomic E-state index is -0.595. The van der Waals surface area contributed by atoms with Crippen LogP contribution in [0.4, 0.5) is 9.93 Å². The summed E-state index contributed by atoms with van der Waals surface area (Å²) in [5.74, 6) is -0.450. The lowest BCUT2D eigenvalue weighted by Crippen LogP contribution is -2.34. The summed E-state index contributed by atoms with van der Waals surface area (Å²) >= 11 is 1.35. The lowest BCUT2D eigenvalue weighted by molar-refractivity contribution is 0.0967. The van der Waals surface area contributed by atoms with Gasteiger partial charge in [-0.3, -0.25) is 15.4 Å². The van der Waals surface area contributed by atoms with Crippen LogP contribution in [0.15, 0.2) is 54.6 Å². The molecule has 104 valence electrons. The molecule has 0 saturated heterocycles. The van der Waals surface area contributed by atoms with Gasteiger partial charge in [-0.2, -0.15) is 0 Å². The average Bonchev–Trinajstić information content (AvgIpc) is 2.90. The number of thiazole rings is 1. The molecular weight excluding hydrogens is 286 g/mol. The molecule has 0 radical (unpaired) electrons. The Morgan fingerprint density at radius 3 is 2.43 bits per heavy atom. The van der Waals surface area contributed by atoms with Crippen LogP contribution in [0.1, 0.15) is 10.4 Å². The number of rotatable bonds is 2. The third kappa shape index (κ3) is 3.06. The maximum atomic E-state index is 11.8. The Balaban J connectivity index is 1.67. The highest BCUT2D eigenvalue weighted by Crippen LogP contribution is 2.25. The summed E-state index contributed by atoms with van der Waals surface area (Å²) in [5.41, 5.74) is 1.24. The van der Waals surface area contributed by atoms with Gasteiger partial charge in [-0.15, -0.1) is 0 Å². The molecule has 2 aromatic carbocycles. The summed E-state index contributed by atoms with van der Waals surface area (Å²) < 4.78 is 0.974. The van der Waals surface area contributed by atoms with E-state index < -0.39 is 11.9 Å². The third-order valence-electron chi connectivity index (χ3n) is 2.78. The van der Waals surface area contributed by atoms with Crippen LogP contribution in [0.3, 0.4) is 0 Å². The Morgan fingerprint density at radius 2 is 1.67 bits per heavy atom. The molecule has 0 bridgehead atoms. The average molecular weight is 297 g/mol. The fraction of sp³-hybridized carbons (Fsp3) is 0. The van der Waals surface area contributed by atoms with E-state index >= 15 is 0 Å². The lowest BCUT2D eigenvalue weighted by atomic mass is 10.2. The van der Waals surface area contributed by atoms with Crippen molar-refractivity contribution in [2.45, 2.75) is 0 Å². The second kappa shape index (κ2) is 5.72. The van der Waals surface area contributed by atoms with E-state index in [4.69, 9.17) is 0 Å². The molecule has 0 fully saturated rings. The first kappa shape index (κ1) is 13.3. The van der Waals surface area contributed by atoms with Gasteiger partial charge in [-0.05, 0) is 24.3 Å². The van der Waals surface area contributed by atoms with Gasteiger partial charge >= 0.3 is 6.03 Å². The summed E-state index contributed by atoms with van der Waals surface area (Å²) in [7, 11) is 0. The Bertz CT molecular complexity index is 766. The predicted molar refractivity (Wildman–Crippen MR) is 82.5 cm³/mol. The van der Waals surface area contributed by atoms with Gasteiger partial charge in [0.2, 0.25) is 0 Å². The minimum Gasteiger partial charge on any atom is -0.283 e. The monoisotopic (exact) mass is 297 g/mol. The van der Waals surface area contributed by atoms with Crippen LogP contribution in [-0.4, -0.2) is 16.9 Å². The smallest absolute Gasteiger partial charge is 0.283 e. The fourth-order valence-corrected chi connectivity index (χ4v) is 2.68. The normalized spacial score (nSPS) is 10.3. The van der Waals surface area contributed by atoms with Gasteiger partial charge in [0.15, 0.2) is 5.13 Å². The van der Waals surface area contributed by atoms with Gasteiger partial charge in [0.05, 0.1) is 10.2 Å². The minimum absolute atomic E-state index is 0.428. The molecule has 2 N–H and O–H groups in total. The molecule has 3 amide bonds. The van der Waals surface area contributed by atoms with Gasteiger partial charge in [0.25, 0.3) is 5.91 Å². The van der Waals surface area contributed by atoms with E-state index in [2.05, 4.69) is 15.6 Å². The topological polar surface area (TPSA) is 71.1 Å². The van der Waals surface area contributed by atoms with Crippen LogP contribution < -0.4 is 10.6 Å². The Morgan fingerprint density at radius 1 is 0.952 bits per heavy atom. The SMILES string of the molecule is O=C(NC(=O)c1ccccc1)Nc1nc2ccccc2s1. The lowest BCUT2D eigenvalue weighted by Gasteiger charge is -2.03. The van der Waals surface area contributed by atoms with Crippen molar-refractivity contribution in [2.24, 2.45) is 0 Å². The number of anilines is 1. The summed E-state index contributed by atoms with van der Waals surface area (Å²) in [4.78, 5) is 27.9. The molecule has 3 aromatic rings. The molecule has 3 rings (SSSR count). The molecule has 0 aliphatic carbocycles. The van der Waals surface area contributed by atoms with Crippen LogP contribution >= 0.6 is 11.3 Å². The molecule has 0 spiro atoms. The number of hydrogen-bond donors (Lipinski definition) is 2. The van der Waals surface area contributed by atoms with Gasteiger partial charge in [0, 0.05) is 5.56 Å². The Kier molecular flexibility index (Phi) is 3.61. The number of aromatic nitrogens is 1. The van der Waals surface area contributed by atoms with Gasteiger partial charge in [0.1, 0.15) is 0 Å². The van der Waals surface area contributed by atoms with E-state index in [1.165, 1.54) is 11.3 Å². The number of carbonyl (C=O) groups excluding carboxylic acids is 2. The molecule has 6 heteroatoms. The highest BCUT2D eigenvalue weighted by Gasteiger charge is 2.11. The zero-order chi connectivity index (χ0) is 14.7. The molecule has 5 nitrogen and oxygen atoms in total. The van der Waals surface area contributed by atoms with Crippen LogP contribution in [0.5, 0.6) is 0 Å². The number of fused-ring (bicyclic) bond motifs is 1. The molecule has 0 aliphatic rings. The second-order valence-electron chi connectivity index (χ2n) is 4.26. The van der Waals surface area contributed by atoms with Crippen molar-refractivity contribution in [1.29, 1.82) is 0 Å². The number of benzene rings is 2. The van der Waals surface area contributed by atoms with Crippen LogP contribution in [0.25, 0.3) is 10.2 Å². The first-order chi connectivity index (χ1) is 10.2. The predicted octanol–water partition coefficient (Wildman–Crippen LogP) is 3.26. The quantitative estimate of drug-likeness (QED) is 0.762. The molecule has 0 aliphatic heterocycles. The summed E-state index contributed by atoms with van der Waals surface area (Å²) in [6.07, 6.45) is 0. The number of imide groups is 1. The van der Waals surface area contributed by atoms with E-state index in [0.717, 1.165) is 10.2 Å². The molecule has 0 atom stereocenters. The number of nitrogens with one attached hydrogen (secondary N) is 2. The van der Waals surface area contributed by atoms with Crippen molar-refractivity contribution in [2.75, 3.05) is 5.32 Å². The van der Waals surface area contributed by atoms with Gasteiger partial charge in [-0.1, -0.05) is 41.7 Å². The van der Waals surface area contributed by atoms with E-state index in [0.29, 0.717) is 10.7 Å². The fourth-order valence-electron chi connectivity index (χ4n) is 1.82. The van der Waals surface area contributed by atoms with Crippen LogP contribution in [0, 0.1) is 0 Å². The molecule has 1 aromatic heterocycles. The van der Waals surface area contributed by atoms with E-state index in [1.807, 2.05) is 24.3 Å². The molecular formula is C15H11N3O2S. The van der Waals surface area contributed by atoms with Crippen molar-refractivity contribution in [3.8, 4) is 0 Å². The van der Waals surface area contributed by atoms with Crippen molar-refractivity contribution in [3.05, 3.63) is 60.2 Å². The van der Waals surface area contributed by atoms with E-state index in [9.17, 15) is 9.59 Å². The molecule has 0 unspecified atom stereocenters. The van der Waals surface area contributed by atoms with E-state index in [1.54, 1.807) is 30.3 Å². The number of amides is 3. The third-order valence-corrected chi connectivity index (χ3v) is 3.73. The molecule has 21 heavy (non-hydrogen) atoms. The number of urea groups is 1. The van der Waals surface area contributed by atoms with Crippen molar-refractivity contribution in [1.82, 2.24) is 10.3 Å². The summed E-state index contributed by atoms with van der Waals surface area (Å²) in [6, 6.07) is 15.5. The van der Waals surface area contributed by atoms with Crippen molar-refractivity contribution >= 4 is 38.6 Å². The van der Waals surface area contributed by atoms with Crippen LogP contribution in [-0.2, 0) is 0 Å². The maximum absolute atomic E-state index is 11.8. The number of nitrogens with zero attached hydrogens (tertiary/aromatic N) is 1. The second-order valence-corrected chi connectivity index (χ2v) is 5.29. The highest BCUT2D eigenvalue weighted by atomic mass is 32.1. The molecule has 1 heterocycles. The van der Waals surface area contributed by atoms with Crippen molar-refractivity contribution < 1.29 is 9.59 Å². The summed E-state index contributed by atoms with van der Waals surface area (Å²) in [5, 5.41) is 5.29. The van der Waals surface area contributed by atoms with Crippen molar-refractivity contribution in [3.63, 3.8) is 0 Å².